The second-order valence-corrected chi connectivity index (χ2v) is 12.5. The van der Waals surface area contributed by atoms with Gasteiger partial charge in [0.25, 0.3) is 0 Å². The van der Waals surface area contributed by atoms with Gasteiger partial charge < -0.3 is 18.8 Å². The van der Waals surface area contributed by atoms with E-state index in [9.17, 15) is 9.59 Å². The minimum absolute atomic E-state index is 0.0446. The Bertz CT molecular complexity index is 1120. The van der Waals surface area contributed by atoms with Crippen LogP contribution in [0, 0.1) is 6.92 Å². The van der Waals surface area contributed by atoms with Gasteiger partial charge in [-0.25, -0.2) is 4.79 Å². The maximum absolute atomic E-state index is 13.0. The number of benzene rings is 1. The lowest BCUT2D eigenvalue weighted by Crippen LogP contribution is -2.41. The smallest absolute Gasteiger partial charge is 0.460 e. The largest absolute Gasteiger partial charge is 0.462 e. The van der Waals surface area contributed by atoms with Crippen molar-refractivity contribution in [2.45, 2.75) is 111 Å². The highest BCUT2D eigenvalue weighted by Crippen LogP contribution is 2.38. The first-order valence-corrected chi connectivity index (χ1v) is 12.2. The van der Waals surface area contributed by atoms with E-state index >= 15 is 0 Å². The van der Waals surface area contributed by atoms with E-state index in [1.54, 1.807) is 6.20 Å². The number of aromatic nitrogens is 1. The number of carbonyl (C=O) groups excluding carboxylic acids is 2. The van der Waals surface area contributed by atoms with Crippen LogP contribution in [0.5, 0.6) is 0 Å². The molecule has 1 aromatic heterocycles. The van der Waals surface area contributed by atoms with Crippen molar-refractivity contribution in [3.05, 3.63) is 35.0 Å². The molecular weight excluding hydrogens is 445 g/mol. The van der Waals surface area contributed by atoms with Gasteiger partial charge in [-0.15, -0.1) is 0 Å². The van der Waals surface area contributed by atoms with E-state index in [2.05, 4.69) is 0 Å². The zero-order chi connectivity index (χ0) is 26.6. The molecule has 0 N–H and O–H groups in total. The van der Waals surface area contributed by atoms with Crippen molar-refractivity contribution in [3.63, 3.8) is 0 Å². The average molecular weight is 485 g/mol. The Labute approximate surface area is 209 Å². The number of fused-ring (bicyclic) bond motifs is 1. The summed E-state index contributed by atoms with van der Waals surface area (Å²) in [5, 5.41) is 0.813. The molecule has 0 aliphatic carbocycles. The topological polar surface area (TPSA) is 76.0 Å². The van der Waals surface area contributed by atoms with Gasteiger partial charge in [0.05, 0.1) is 23.1 Å². The van der Waals surface area contributed by atoms with E-state index in [0.717, 1.165) is 22.0 Å². The molecule has 0 unspecified atom stereocenters. The molecule has 1 aliphatic heterocycles. The van der Waals surface area contributed by atoms with Crippen molar-refractivity contribution < 1.29 is 28.4 Å². The fourth-order valence-corrected chi connectivity index (χ4v) is 4.20. The molecule has 35 heavy (non-hydrogen) atoms. The molecule has 1 aromatic carbocycles. The van der Waals surface area contributed by atoms with E-state index < -0.39 is 28.5 Å². The van der Waals surface area contributed by atoms with Crippen molar-refractivity contribution >= 4 is 30.1 Å². The molecule has 1 fully saturated rings. The summed E-state index contributed by atoms with van der Waals surface area (Å²) in [6.07, 6.45) is 1.80. The van der Waals surface area contributed by atoms with Gasteiger partial charge in [-0.1, -0.05) is 6.07 Å². The molecule has 2 aromatic rings. The second-order valence-electron chi connectivity index (χ2n) is 12.5. The normalized spacial score (nSPS) is 17.6. The summed E-state index contributed by atoms with van der Waals surface area (Å²) in [7, 11) is -0.390. The van der Waals surface area contributed by atoms with E-state index in [4.69, 9.17) is 18.8 Å². The van der Waals surface area contributed by atoms with Crippen molar-refractivity contribution in [1.82, 2.24) is 4.57 Å². The highest BCUT2D eigenvalue weighted by molar-refractivity contribution is 6.45. The first-order valence-electron chi connectivity index (χ1n) is 12.2. The summed E-state index contributed by atoms with van der Waals surface area (Å²) in [6.45, 7) is 21.1. The van der Waals surface area contributed by atoms with E-state index in [1.807, 2.05) is 88.3 Å². The molecular formula is C27H40BNO6. The summed E-state index contributed by atoms with van der Waals surface area (Å²) < 4.78 is 25.1. The number of rotatable bonds is 4. The van der Waals surface area contributed by atoms with Crippen LogP contribution < -0.4 is 0 Å². The van der Waals surface area contributed by atoms with Gasteiger partial charge in [0.1, 0.15) is 11.2 Å². The van der Waals surface area contributed by atoms with E-state index in [-0.39, 0.29) is 19.5 Å². The van der Waals surface area contributed by atoms with Crippen LogP contribution in [-0.4, -0.2) is 46.2 Å². The predicted molar refractivity (Wildman–Crippen MR) is 138 cm³/mol. The number of aryl methyl sites for hydroxylation is 1. The van der Waals surface area contributed by atoms with Crippen molar-refractivity contribution in [2.75, 3.05) is 0 Å². The van der Waals surface area contributed by atoms with Crippen LogP contribution in [0.1, 0.15) is 85.9 Å². The van der Waals surface area contributed by atoms with Crippen LogP contribution in [0.2, 0.25) is 0 Å². The molecule has 0 bridgehead atoms. The van der Waals surface area contributed by atoms with Crippen LogP contribution in [-0.2, 0) is 36.3 Å². The van der Waals surface area contributed by atoms with Crippen LogP contribution in [0.25, 0.3) is 10.9 Å². The maximum Gasteiger partial charge on any atom is 0.462 e. The van der Waals surface area contributed by atoms with Gasteiger partial charge >= 0.3 is 19.2 Å². The molecule has 2 heterocycles. The lowest BCUT2D eigenvalue weighted by atomic mass is 9.80. The van der Waals surface area contributed by atoms with Gasteiger partial charge in [-0.2, -0.15) is 0 Å². The Morgan fingerprint density at radius 1 is 0.943 bits per heavy atom. The Morgan fingerprint density at radius 3 is 2.00 bits per heavy atom. The number of hydrogen-bond acceptors (Lipinski definition) is 6. The molecule has 1 saturated heterocycles. The third kappa shape index (κ3) is 6.28. The van der Waals surface area contributed by atoms with Gasteiger partial charge in [-0.3, -0.25) is 9.36 Å². The van der Waals surface area contributed by atoms with E-state index in [1.165, 1.54) is 4.57 Å². The highest BCUT2D eigenvalue weighted by atomic mass is 16.7. The molecule has 0 saturated carbocycles. The second kappa shape index (κ2) is 8.97. The molecule has 1 aliphatic rings. The summed E-state index contributed by atoms with van der Waals surface area (Å²) >= 11 is 0. The van der Waals surface area contributed by atoms with Crippen molar-refractivity contribution in [1.29, 1.82) is 0 Å². The van der Waals surface area contributed by atoms with Crippen LogP contribution in [0.4, 0.5) is 4.79 Å². The summed E-state index contributed by atoms with van der Waals surface area (Å²) in [5.74, 6) is -0.352. The van der Waals surface area contributed by atoms with Gasteiger partial charge in [-0.05, 0) is 98.9 Å². The molecule has 0 atom stereocenters. The minimum Gasteiger partial charge on any atom is -0.460 e. The van der Waals surface area contributed by atoms with Gasteiger partial charge in [0, 0.05) is 17.9 Å². The van der Waals surface area contributed by atoms with Crippen molar-refractivity contribution in [3.8, 4) is 0 Å². The molecule has 0 amide bonds. The monoisotopic (exact) mass is 485 g/mol. The molecule has 7 nitrogen and oxygen atoms in total. The molecule has 0 radical (unpaired) electrons. The minimum atomic E-state index is -0.649. The molecule has 192 valence electrons. The first kappa shape index (κ1) is 27.3. The Hall–Kier alpha value is -2.32. The molecule has 0 spiro atoms. The average Bonchev–Trinajstić information content (AvgIpc) is 3.05. The third-order valence-electron chi connectivity index (χ3n) is 6.28. The molecule has 3 rings (SSSR count). The standard InChI is InChI=1S/C27H40BNO6/c1-17-12-18(15-28-34-26(8,9)27(10,11)35-28)13-20-19(14-21(30)32-24(2,3)4)16-29(22(17)20)23(31)33-25(5,6)7/h12-13,16H,14-15H2,1-11H3. The zero-order valence-electron chi connectivity index (χ0n) is 23.1. The third-order valence-corrected chi connectivity index (χ3v) is 6.28. The maximum atomic E-state index is 13.0. The number of esters is 1. The Kier molecular flexibility index (Phi) is 6.99. The number of carbonyl (C=O) groups is 2. The molecule has 8 heteroatoms. The summed E-state index contributed by atoms with van der Waals surface area (Å²) in [5.41, 5.74) is 1.24. The Morgan fingerprint density at radius 2 is 1.49 bits per heavy atom. The predicted octanol–water partition coefficient (Wildman–Crippen LogP) is 5.79. The Balaban J connectivity index is 2.03. The SMILES string of the molecule is Cc1cc(CB2OC(C)(C)C(C)(C)O2)cc2c(CC(=O)OC(C)(C)C)cn(C(=O)OC(C)(C)C)c12. The van der Waals surface area contributed by atoms with Gasteiger partial charge in [0.2, 0.25) is 0 Å². The zero-order valence-corrected chi connectivity index (χ0v) is 23.1. The van der Waals surface area contributed by atoms with E-state index in [0.29, 0.717) is 11.9 Å². The summed E-state index contributed by atoms with van der Waals surface area (Å²) in [6, 6.07) is 4.04. The lowest BCUT2D eigenvalue weighted by Gasteiger charge is -2.32. The first-order chi connectivity index (χ1) is 15.8. The number of hydrogen-bond donors (Lipinski definition) is 0. The van der Waals surface area contributed by atoms with Crippen LogP contribution in [0.3, 0.4) is 0 Å². The quantitative estimate of drug-likeness (QED) is 0.403. The van der Waals surface area contributed by atoms with Crippen LogP contribution >= 0.6 is 0 Å². The lowest BCUT2D eigenvalue weighted by molar-refractivity contribution is -0.153. The highest BCUT2D eigenvalue weighted by Gasteiger charge is 2.50. The van der Waals surface area contributed by atoms with Gasteiger partial charge in [0.15, 0.2) is 0 Å². The fourth-order valence-electron chi connectivity index (χ4n) is 4.20. The number of ether oxygens (including phenoxy) is 2. The van der Waals surface area contributed by atoms with Crippen molar-refractivity contribution in [2.24, 2.45) is 0 Å². The number of nitrogens with zero attached hydrogens (tertiary/aromatic N) is 1. The van der Waals surface area contributed by atoms with Crippen LogP contribution in [0.15, 0.2) is 18.3 Å². The summed E-state index contributed by atoms with van der Waals surface area (Å²) in [4.78, 5) is 25.7. The fraction of sp³-hybridized carbons (Fsp3) is 0.630.